The predicted octanol–water partition coefficient (Wildman–Crippen LogP) is 1.48. The van der Waals surface area contributed by atoms with Crippen molar-refractivity contribution in [3.05, 3.63) is 23.4 Å². The SMILES string of the molecule is COCCNCc1cnc(N2CCCCC2CO)c(C)c1. The van der Waals surface area contributed by atoms with Gasteiger partial charge in [0.15, 0.2) is 0 Å². The van der Waals surface area contributed by atoms with E-state index in [4.69, 9.17) is 4.74 Å². The number of aryl methyl sites for hydroxylation is 1. The van der Waals surface area contributed by atoms with Gasteiger partial charge in [0.25, 0.3) is 0 Å². The van der Waals surface area contributed by atoms with Gasteiger partial charge in [0.1, 0.15) is 5.82 Å². The summed E-state index contributed by atoms with van der Waals surface area (Å²) in [7, 11) is 1.71. The van der Waals surface area contributed by atoms with Crippen molar-refractivity contribution in [2.75, 3.05) is 38.3 Å². The van der Waals surface area contributed by atoms with E-state index < -0.39 is 0 Å². The van der Waals surface area contributed by atoms with Gasteiger partial charge in [0.2, 0.25) is 0 Å². The van der Waals surface area contributed by atoms with Crippen molar-refractivity contribution in [3.63, 3.8) is 0 Å². The number of methoxy groups -OCH3 is 1. The number of piperidine rings is 1. The first-order valence-corrected chi connectivity index (χ1v) is 7.79. The molecule has 1 unspecified atom stereocenters. The van der Waals surface area contributed by atoms with Crippen LogP contribution in [-0.4, -0.2) is 49.5 Å². The molecule has 0 radical (unpaired) electrons. The number of ether oxygens (including phenoxy) is 1. The van der Waals surface area contributed by atoms with Gasteiger partial charge < -0.3 is 20.1 Å². The fourth-order valence-electron chi connectivity index (χ4n) is 2.90. The Morgan fingerprint density at radius 2 is 2.33 bits per heavy atom. The van der Waals surface area contributed by atoms with Crippen molar-refractivity contribution in [1.29, 1.82) is 0 Å². The highest BCUT2D eigenvalue weighted by molar-refractivity contribution is 5.48. The zero-order chi connectivity index (χ0) is 15.1. The number of aliphatic hydroxyl groups excluding tert-OH is 1. The average Bonchev–Trinajstić information content (AvgIpc) is 2.52. The highest BCUT2D eigenvalue weighted by Gasteiger charge is 2.23. The van der Waals surface area contributed by atoms with E-state index in [1.165, 1.54) is 24.0 Å². The predicted molar refractivity (Wildman–Crippen MR) is 84.6 cm³/mol. The summed E-state index contributed by atoms with van der Waals surface area (Å²) in [5, 5.41) is 12.9. The minimum atomic E-state index is 0.210. The third-order valence-electron chi connectivity index (χ3n) is 4.03. The minimum Gasteiger partial charge on any atom is -0.394 e. The summed E-state index contributed by atoms with van der Waals surface area (Å²) in [5.41, 5.74) is 2.37. The standard InChI is InChI=1S/C16H27N3O2/c1-13-9-14(10-17-6-8-21-2)11-18-16(13)19-7-4-3-5-15(19)12-20/h9,11,15,17,20H,3-8,10,12H2,1-2H3. The molecule has 1 aliphatic rings. The Kier molecular flexibility index (Phi) is 6.42. The second-order valence-electron chi connectivity index (χ2n) is 5.68. The van der Waals surface area contributed by atoms with E-state index in [0.717, 1.165) is 38.5 Å². The second kappa shape index (κ2) is 8.32. The molecular weight excluding hydrogens is 266 g/mol. The van der Waals surface area contributed by atoms with Crippen LogP contribution in [0, 0.1) is 6.92 Å². The highest BCUT2D eigenvalue weighted by Crippen LogP contribution is 2.26. The Labute approximate surface area is 127 Å². The van der Waals surface area contributed by atoms with E-state index in [0.29, 0.717) is 0 Å². The van der Waals surface area contributed by atoms with Crippen LogP contribution in [0.1, 0.15) is 30.4 Å². The van der Waals surface area contributed by atoms with Gasteiger partial charge in [-0.2, -0.15) is 0 Å². The van der Waals surface area contributed by atoms with Crippen LogP contribution < -0.4 is 10.2 Å². The lowest BCUT2D eigenvalue weighted by atomic mass is 10.0. The Balaban J connectivity index is 2.01. The fraction of sp³-hybridized carbons (Fsp3) is 0.688. The van der Waals surface area contributed by atoms with Gasteiger partial charge in [-0.3, -0.25) is 0 Å². The van der Waals surface area contributed by atoms with Crippen LogP contribution in [0.25, 0.3) is 0 Å². The first kappa shape index (κ1) is 16.2. The van der Waals surface area contributed by atoms with Crippen LogP contribution in [0.3, 0.4) is 0 Å². The number of aromatic nitrogens is 1. The van der Waals surface area contributed by atoms with E-state index in [1.54, 1.807) is 7.11 Å². The van der Waals surface area contributed by atoms with Crippen LogP contribution in [0.15, 0.2) is 12.3 Å². The summed E-state index contributed by atoms with van der Waals surface area (Å²) in [5.74, 6) is 1.02. The van der Waals surface area contributed by atoms with E-state index in [2.05, 4.69) is 28.2 Å². The number of pyridine rings is 1. The Bertz CT molecular complexity index is 440. The van der Waals surface area contributed by atoms with E-state index >= 15 is 0 Å². The minimum absolute atomic E-state index is 0.210. The number of rotatable bonds is 7. The largest absolute Gasteiger partial charge is 0.394 e. The Hall–Kier alpha value is -1.17. The third kappa shape index (κ3) is 4.40. The lowest BCUT2D eigenvalue weighted by Crippen LogP contribution is -2.42. The summed E-state index contributed by atoms with van der Waals surface area (Å²) >= 11 is 0. The van der Waals surface area contributed by atoms with Gasteiger partial charge in [-0.15, -0.1) is 0 Å². The van der Waals surface area contributed by atoms with Crippen molar-refractivity contribution in [2.45, 2.75) is 38.8 Å². The summed E-state index contributed by atoms with van der Waals surface area (Å²) in [6.07, 6.45) is 5.36. The van der Waals surface area contributed by atoms with Crippen LogP contribution >= 0.6 is 0 Å². The molecule has 5 nitrogen and oxygen atoms in total. The second-order valence-corrected chi connectivity index (χ2v) is 5.68. The molecule has 118 valence electrons. The molecule has 0 amide bonds. The molecule has 21 heavy (non-hydrogen) atoms. The van der Waals surface area contributed by atoms with Crippen LogP contribution in [0.5, 0.6) is 0 Å². The van der Waals surface area contributed by atoms with Crippen LogP contribution in [0.4, 0.5) is 5.82 Å². The maximum absolute atomic E-state index is 9.54. The van der Waals surface area contributed by atoms with Crippen molar-refractivity contribution in [1.82, 2.24) is 10.3 Å². The Morgan fingerprint density at radius 1 is 1.48 bits per heavy atom. The average molecular weight is 293 g/mol. The molecular formula is C16H27N3O2. The van der Waals surface area contributed by atoms with Gasteiger partial charge in [-0.1, -0.05) is 0 Å². The molecule has 2 N–H and O–H groups in total. The number of hydrogen-bond acceptors (Lipinski definition) is 5. The smallest absolute Gasteiger partial charge is 0.131 e. The summed E-state index contributed by atoms with van der Waals surface area (Å²) in [6.45, 7) is 5.67. The quantitative estimate of drug-likeness (QED) is 0.746. The van der Waals surface area contributed by atoms with Gasteiger partial charge >= 0.3 is 0 Å². The molecule has 0 aromatic carbocycles. The van der Waals surface area contributed by atoms with Gasteiger partial charge in [0.05, 0.1) is 19.3 Å². The number of nitrogens with one attached hydrogen (secondary N) is 1. The molecule has 2 heterocycles. The van der Waals surface area contributed by atoms with Crippen molar-refractivity contribution in [3.8, 4) is 0 Å². The Morgan fingerprint density at radius 3 is 3.05 bits per heavy atom. The lowest BCUT2D eigenvalue weighted by Gasteiger charge is -2.36. The third-order valence-corrected chi connectivity index (χ3v) is 4.03. The molecule has 1 fully saturated rings. The molecule has 0 bridgehead atoms. The number of nitrogens with zero attached hydrogens (tertiary/aromatic N) is 2. The molecule has 2 rings (SSSR count). The van der Waals surface area contributed by atoms with Crippen molar-refractivity contribution in [2.24, 2.45) is 0 Å². The first-order chi connectivity index (χ1) is 10.3. The highest BCUT2D eigenvalue weighted by atomic mass is 16.5. The maximum Gasteiger partial charge on any atom is 0.131 e. The van der Waals surface area contributed by atoms with Crippen molar-refractivity contribution < 1.29 is 9.84 Å². The maximum atomic E-state index is 9.54. The number of hydrogen-bond donors (Lipinski definition) is 2. The van der Waals surface area contributed by atoms with E-state index in [-0.39, 0.29) is 12.6 Å². The number of anilines is 1. The lowest BCUT2D eigenvalue weighted by molar-refractivity contribution is 0.199. The molecule has 1 saturated heterocycles. The molecule has 1 atom stereocenters. The molecule has 5 heteroatoms. The molecule has 1 aromatic heterocycles. The van der Waals surface area contributed by atoms with Gasteiger partial charge in [0, 0.05) is 32.9 Å². The van der Waals surface area contributed by atoms with Gasteiger partial charge in [-0.25, -0.2) is 4.98 Å². The summed E-state index contributed by atoms with van der Waals surface area (Å²) < 4.78 is 5.02. The number of aliphatic hydroxyl groups is 1. The zero-order valence-electron chi connectivity index (χ0n) is 13.1. The normalized spacial score (nSPS) is 19.0. The first-order valence-electron chi connectivity index (χ1n) is 7.79. The molecule has 0 aliphatic carbocycles. The van der Waals surface area contributed by atoms with E-state index in [9.17, 15) is 5.11 Å². The van der Waals surface area contributed by atoms with Gasteiger partial charge in [-0.05, 0) is 43.4 Å². The van der Waals surface area contributed by atoms with Crippen LogP contribution in [0.2, 0.25) is 0 Å². The molecule has 0 spiro atoms. The monoisotopic (exact) mass is 293 g/mol. The summed E-state index contributed by atoms with van der Waals surface area (Å²) in [6, 6.07) is 2.40. The molecule has 1 aromatic rings. The topological polar surface area (TPSA) is 57.6 Å². The van der Waals surface area contributed by atoms with Crippen LogP contribution in [-0.2, 0) is 11.3 Å². The zero-order valence-corrected chi connectivity index (χ0v) is 13.1. The van der Waals surface area contributed by atoms with E-state index in [1.807, 2.05) is 6.20 Å². The molecule has 1 aliphatic heterocycles. The molecule has 0 saturated carbocycles. The summed E-state index contributed by atoms with van der Waals surface area (Å²) in [4.78, 5) is 6.91. The fourth-order valence-corrected chi connectivity index (χ4v) is 2.90. The van der Waals surface area contributed by atoms with Crippen molar-refractivity contribution >= 4 is 5.82 Å².